The van der Waals surface area contributed by atoms with Crippen LogP contribution in [0.2, 0.25) is 0 Å². The van der Waals surface area contributed by atoms with E-state index >= 15 is 0 Å². The van der Waals surface area contributed by atoms with E-state index in [-0.39, 0.29) is 0 Å². The molecule has 0 aliphatic heterocycles. The van der Waals surface area contributed by atoms with Crippen molar-refractivity contribution in [2.24, 2.45) is 0 Å². The van der Waals surface area contributed by atoms with Gasteiger partial charge in [-0.15, -0.1) is 0 Å². The highest BCUT2D eigenvalue weighted by Gasteiger charge is 2.22. The zero-order valence-electron chi connectivity index (χ0n) is 29.4. The van der Waals surface area contributed by atoms with Crippen molar-refractivity contribution in [2.75, 3.05) is 0 Å². The summed E-state index contributed by atoms with van der Waals surface area (Å²) in [6.07, 6.45) is 6.57. The molecule has 248 valence electrons. The van der Waals surface area contributed by atoms with E-state index in [0.29, 0.717) is 5.92 Å². The van der Waals surface area contributed by atoms with Gasteiger partial charge in [0.05, 0.1) is 0 Å². The van der Waals surface area contributed by atoms with Gasteiger partial charge < -0.3 is 0 Å². The van der Waals surface area contributed by atoms with Crippen molar-refractivity contribution in [3.05, 3.63) is 181 Å². The second-order valence-electron chi connectivity index (χ2n) is 14.6. The Hall–Kier alpha value is -5.98. The lowest BCUT2D eigenvalue weighted by Gasteiger charge is -2.24. The van der Waals surface area contributed by atoms with Gasteiger partial charge in [0.2, 0.25) is 0 Å². The number of benzene rings is 9. The second-order valence-corrected chi connectivity index (χ2v) is 14.6. The van der Waals surface area contributed by atoms with Crippen LogP contribution in [0.1, 0.15) is 43.6 Å². The van der Waals surface area contributed by atoms with E-state index in [1.165, 1.54) is 125 Å². The standard InChI is InChI=1S/C52H40/c1-2-13-35(14-3-1)42-31-32-49-50(34-42)52(46-21-9-8-20-45(46)44-24-12-18-38-16-6-7-19-43(38)44)48-23-11-10-22-47(48)51(49)39-28-25-37(26-29-39)41-30-27-36-15-4-5-17-40(36)33-41/h4-12,15-35H,1-3,13-14H2. The largest absolute Gasteiger partial charge is 0.0616 e. The maximum Gasteiger partial charge on any atom is -0.00200 e. The Labute approximate surface area is 306 Å². The molecule has 0 spiro atoms. The third-order valence-electron chi connectivity index (χ3n) is 11.7. The van der Waals surface area contributed by atoms with E-state index in [0.717, 1.165) is 0 Å². The van der Waals surface area contributed by atoms with E-state index in [1.54, 1.807) is 0 Å². The van der Waals surface area contributed by atoms with Crippen LogP contribution < -0.4 is 0 Å². The van der Waals surface area contributed by atoms with Crippen LogP contribution >= 0.6 is 0 Å². The lowest BCUT2D eigenvalue weighted by Crippen LogP contribution is -2.04. The van der Waals surface area contributed by atoms with Crippen molar-refractivity contribution < 1.29 is 0 Å². The van der Waals surface area contributed by atoms with Crippen LogP contribution in [-0.4, -0.2) is 0 Å². The minimum absolute atomic E-state index is 0.621. The zero-order chi connectivity index (χ0) is 34.4. The second kappa shape index (κ2) is 13.0. The summed E-state index contributed by atoms with van der Waals surface area (Å²) in [6, 6.07) is 65.9. The Bertz CT molecular complexity index is 2750. The lowest BCUT2D eigenvalue weighted by atomic mass is 9.80. The van der Waals surface area contributed by atoms with Gasteiger partial charge in [-0.25, -0.2) is 0 Å². The predicted molar refractivity (Wildman–Crippen MR) is 224 cm³/mol. The first-order chi connectivity index (χ1) is 25.8. The van der Waals surface area contributed by atoms with Crippen molar-refractivity contribution in [1.82, 2.24) is 0 Å². The Kier molecular flexibility index (Phi) is 7.68. The molecule has 1 aliphatic carbocycles. The quantitative estimate of drug-likeness (QED) is 0.161. The highest BCUT2D eigenvalue weighted by atomic mass is 14.3. The molecule has 0 saturated heterocycles. The van der Waals surface area contributed by atoms with Crippen molar-refractivity contribution in [2.45, 2.75) is 38.0 Å². The number of fused-ring (bicyclic) bond motifs is 4. The Morgan fingerprint density at radius 3 is 1.69 bits per heavy atom. The molecule has 52 heavy (non-hydrogen) atoms. The fourth-order valence-electron chi connectivity index (χ4n) is 9.08. The molecule has 0 N–H and O–H groups in total. The van der Waals surface area contributed by atoms with Crippen LogP contribution in [0.15, 0.2) is 176 Å². The minimum atomic E-state index is 0.621. The van der Waals surface area contributed by atoms with Crippen LogP contribution in [-0.2, 0) is 0 Å². The monoisotopic (exact) mass is 664 g/mol. The van der Waals surface area contributed by atoms with Gasteiger partial charge in [0.15, 0.2) is 0 Å². The number of rotatable bonds is 5. The summed E-state index contributed by atoms with van der Waals surface area (Å²) in [4.78, 5) is 0. The van der Waals surface area contributed by atoms with Gasteiger partial charge in [0, 0.05) is 0 Å². The molecular formula is C52H40. The van der Waals surface area contributed by atoms with Gasteiger partial charge in [0.1, 0.15) is 0 Å². The first kappa shape index (κ1) is 30.8. The first-order valence-electron chi connectivity index (χ1n) is 19.0. The zero-order valence-corrected chi connectivity index (χ0v) is 29.4. The summed E-state index contributed by atoms with van der Waals surface area (Å²) in [5, 5.41) is 10.4. The third kappa shape index (κ3) is 5.30. The molecule has 0 unspecified atom stereocenters. The summed E-state index contributed by atoms with van der Waals surface area (Å²) < 4.78 is 0. The molecule has 1 fully saturated rings. The van der Waals surface area contributed by atoms with Gasteiger partial charge in [-0.05, 0) is 118 Å². The predicted octanol–water partition coefficient (Wildman–Crippen LogP) is 15.0. The Morgan fingerprint density at radius 2 is 0.885 bits per heavy atom. The normalized spacial score (nSPS) is 13.7. The molecule has 9 aromatic rings. The van der Waals surface area contributed by atoms with E-state index in [1.807, 2.05) is 0 Å². The smallest absolute Gasteiger partial charge is 0.00200 e. The average Bonchev–Trinajstić information content (AvgIpc) is 3.22. The number of hydrogen-bond acceptors (Lipinski definition) is 0. The summed E-state index contributed by atoms with van der Waals surface area (Å²) in [6.45, 7) is 0. The average molecular weight is 665 g/mol. The maximum atomic E-state index is 2.57. The summed E-state index contributed by atoms with van der Waals surface area (Å²) in [7, 11) is 0. The van der Waals surface area contributed by atoms with Gasteiger partial charge in [-0.2, -0.15) is 0 Å². The van der Waals surface area contributed by atoms with Crippen molar-refractivity contribution >= 4 is 43.1 Å². The molecule has 1 saturated carbocycles. The highest BCUT2D eigenvalue weighted by Crippen LogP contribution is 2.48. The Morgan fingerprint density at radius 1 is 0.308 bits per heavy atom. The fourth-order valence-corrected chi connectivity index (χ4v) is 9.08. The van der Waals surface area contributed by atoms with Gasteiger partial charge >= 0.3 is 0 Å². The van der Waals surface area contributed by atoms with Gasteiger partial charge in [-0.1, -0.05) is 189 Å². The van der Waals surface area contributed by atoms with Crippen LogP contribution in [0.3, 0.4) is 0 Å². The SMILES string of the molecule is c1ccc(-c2c3ccccc3c(-c3ccc(-c4ccc5ccccc5c4)cc3)c3ccc(C4CCCCC4)cc23)c(-c2cccc3ccccc23)c1. The molecule has 10 rings (SSSR count). The molecule has 0 heterocycles. The molecule has 1 aliphatic rings. The van der Waals surface area contributed by atoms with Crippen LogP contribution in [0.4, 0.5) is 0 Å². The summed E-state index contributed by atoms with van der Waals surface area (Å²) >= 11 is 0. The van der Waals surface area contributed by atoms with E-state index in [9.17, 15) is 0 Å². The third-order valence-corrected chi connectivity index (χ3v) is 11.7. The highest BCUT2D eigenvalue weighted by molar-refractivity contribution is 6.23. The van der Waals surface area contributed by atoms with Crippen molar-refractivity contribution in [3.8, 4) is 44.5 Å². The lowest BCUT2D eigenvalue weighted by molar-refractivity contribution is 0.444. The van der Waals surface area contributed by atoms with Crippen molar-refractivity contribution in [1.29, 1.82) is 0 Å². The molecule has 0 atom stereocenters. The molecule has 0 radical (unpaired) electrons. The fraction of sp³-hybridized carbons (Fsp3) is 0.115. The minimum Gasteiger partial charge on any atom is -0.0616 e. The van der Waals surface area contributed by atoms with Gasteiger partial charge in [-0.3, -0.25) is 0 Å². The first-order valence-corrected chi connectivity index (χ1v) is 19.0. The summed E-state index contributed by atoms with van der Waals surface area (Å²) in [5.41, 5.74) is 11.7. The number of hydrogen-bond donors (Lipinski definition) is 0. The topological polar surface area (TPSA) is 0 Å². The summed E-state index contributed by atoms with van der Waals surface area (Å²) in [5.74, 6) is 0.621. The van der Waals surface area contributed by atoms with Crippen LogP contribution in [0.5, 0.6) is 0 Å². The Balaban J connectivity index is 1.22. The van der Waals surface area contributed by atoms with Gasteiger partial charge in [0.25, 0.3) is 0 Å². The molecule has 0 heteroatoms. The van der Waals surface area contributed by atoms with Crippen molar-refractivity contribution in [3.63, 3.8) is 0 Å². The molecule has 0 amide bonds. The van der Waals surface area contributed by atoms with Crippen LogP contribution in [0, 0.1) is 0 Å². The van der Waals surface area contributed by atoms with E-state index < -0.39 is 0 Å². The maximum absolute atomic E-state index is 2.57. The molecule has 0 nitrogen and oxygen atoms in total. The molecular weight excluding hydrogens is 625 g/mol. The molecule has 9 aromatic carbocycles. The van der Waals surface area contributed by atoms with Crippen LogP contribution in [0.25, 0.3) is 87.6 Å². The molecule has 0 bridgehead atoms. The van der Waals surface area contributed by atoms with E-state index in [2.05, 4.69) is 176 Å². The molecule has 0 aromatic heterocycles. The van der Waals surface area contributed by atoms with E-state index in [4.69, 9.17) is 0 Å².